The topological polar surface area (TPSA) is 108 Å². The highest BCUT2D eigenvalue weighted by Gasteiger charge is 2.57. The molecule has 0 bridgehead atoms. The predicted molar refractivity (Wildman–Crippen MR) is 105 cm³/mol. The highest BCUT2D eigenvalue weighted by Crippen LogP contribution is 2.53. The van der Waals surface area contributed by atoms with Crippen LogP contribution in [0.1, 0.15) is 25.3 Å². The molecule has 1 aliphatic heterocycles. The number of nitrogens with one attached hydrogen (secondary N) is 1. The molecule has 1 saturated carbocycles. The number of rotatable bonds is 4. The van der Waals surface area contributed by atoms with Gasteiger partial charge in [0.15, 0.2) is 5.41 Å². The monoisotopic (exact) mass is 373 g/mol. The standard InChI is InChI=1S/C22H23N5O/c1-3-27-10-9-17-18(11-23)21(26)22(13-24,14-25)20(19(17)12-27)15-5-7-16(8-6-15)28-4-2/h5-9,18-20,26H,3-4,10,12H2,1-2H3/t18?,19-,20+/m0/s1. The Morgan fingerprint density at radius 3 is 2.39 bits per heavy atom. The van der Waals surface area contributed by atoms with Gasteiger partial charge in [0.1, 0.15) is 11.7 Å². The summed E-state index contributed by atoms with van der Waals surface area (Å²) in [6.07, 6.45) is 2.01. The normalized spacial score (nSPS) is 26.2. The van der Waals surface area contributed by atoms with Crippen LogP contribution in [0, 0.1) is 56.7 Å². The van der Waals surface area contributed by atoms with Gasteiger partial charge in [0.05, 0.1) is 30.5 Å². The highest BCUT2D eigenvalue weighted by molar-refractivity contribution is 6.00. The Hall–Kier alpha value is -3.14. The van der Waals surface area contributed by atoms with Crippen LogP contribution in [0.5, 0.6) is 5.75 Å². The van der Waals surface area contributed by atoms with Crippen LogP contribution < -0.4 is 4.74 Å². The zero-order valence-corrected chi connectivity index (χ0v) is 16.1. The third-order valence-corrected chi connectivity index (χ3v) is 5.86. The molecule has 1 aliphatic carbocycles. The number of hydrogen-bond acceptors (Lipinski definition) is 6. The largest absolute Gasteiger partial charge is 0.494 e. The zero-order valence-electron chi connectivity index (χ0n) is 16.1. The first-order valence-corrected chi connectivity index (χ1v) is 9.52. The van der Waals surface area contributed by atoms with E-state index < -0.39 is 17.3 Å². The SMILES string of the molecule is CCOc1ccc([C@@H]2[C@H]3CN(CC)CC=C3C(C#N)C(=N)C2(C#N)C#N)cc1. The van der Waals surface area contributed by atoms with Gasteiger partial charge < -0.3 is 10.1 Å². The molecule has 142 valence electrons. The molecule has 0 aromatic heterocycles. The number of fused-ring (bicyclic) bond motifs is 1. The predicted octanol–water partition coefficient (Wildman–Crippen LogP) is 3.25. The molecule has 0 spiro atoms. The minimum absolute atomic E-state index is 0.105. The van der Waals surface area contributed by atoms with E-state index in [0.29, 0.717) is 13.2 Å². The van der Waals surface area contributed by atoms with Crippen molar-refractivity contribution in [1.29, 1.82) is 21.2 Å². The third-order valence-electron chi connectivity index (χ3n) is 5.86. The lowest BCUT2D eigenvalue weighted by Crippen LogP contribution is -2.52. The lowest BCUT2D eigenvalue weighted by molar-refractivity contribution is 0.211. The number of nitriles is 3. The molecule has 0 amide bonds. The molecule has 1 unspecified atom stereocenters. The Kier molecular flexibility index (Phi) is 5.50. The van der Waals surface area contributed by atoms with Crippen molar-refractivity contribution in [2.45, 2.75) is 19.8 Å². The highest BCUT2D eigenvalue weighted by atomic mass is 16.5. The van der Waals surface area contributed by atoms with Crippen LogP contribution in [0.15, 0.2) is 35.9 Å². The second-order valence-corrected chi connectivity index (χ2v) is 7.15. The number of nitrogens with zero attached hydrogens (tertiary/aromatic N) is 4. The van der Waals surface area contributed by atoms with Crippen LogP contribution in [0.4, 0.5) is 0 Å². The molecule has 0 saturated heterocycles. The van der Waals surface area contributed by atoms with E-state index in [2.05, 4.69) is 30.0 Å². The first kappa shape index (κ1) is 19.6. The quantitative estimate of drug-likeness (QED) is 0.815. The van der Waals surface area contributed by atoms with Gasteiger partial charge in [-0.2, -0.15) is 15.8 Å². The number of benzene rings is 1. The minimum atomic E-state index is -1.66. The number of ether oxygens (including phenoxy) is 1. The van der Waals surface area contributed by atoms with Gasteiger partial charge >= 0.3 is 0 Å². The van der Waals surface area contributed by atoms with Crippen LogP contribution >= 0.6 is 0 Å². The molecule has 6 heteroatoms. The van der Waals surface area contributed by atoms with Gasteiger partial charge in [-0.3, -0.25) is 4.90 Å². The first-order chi connectivity index (χ1) is 13.6. The van der Waals surface area contributed by atoms with Crippen molar-refractivity contribution in [1.82, 2.24) is 4.90 Å². The summed E-state index contributed by atoms with van der Waals surface area (Å²) in [4.78, 5) is 2.23. The van der Waals surface area contributed by atoms with E-state index in [4.69, 9.17) is 10.1 Å². The minimum Gasteiger partial charge on any atom is -0.494 e. The molecule has 1 aromatic rings. The molecule has 2 aliphatic rings. The van der Waals surface area contributed by atoms with Gasteiger partial charge in [-0.05, 0) is 36.7 Å². The number of hydrogen-bond donors (Lipinski definition) is 1. The Labute approximate surface area is 165 Å². The molecule has 1 heterocycles. The van der Waals surface area contributed by atoms with Gasteiger partial charge in [-0.25, -0.2) is 0 Å². The van der Waals surface area contributed by atoms with E-state index in [9.17, 15) is 15.8 Å². The van der Waals surface area contributed by atoms with Crippen molar-refractivity contribution >= 4 is 5.71 Å². The lowest BCUT2D eigenvalue weighted by Gasteiger charge is -2.47. The lowest BCUT2D eigenvalue weighted by atomic mass is 9.54. The smallest absolute Gasteiger partial charge is 0.189 e. The maximum atomic E-state index is 10.0. The van der Waals surface area contributed by atoms with Crippen molar-refractivity contribution < 1.29 is 4.74 Å². The van der Waals surface area contributed by atoms with E-state index >= 15 is 0 Å². The van der Waals surface area contributed by atoms with Crippen molar-refractivity contribution in [2.75, 3.05) is 26.2 Å². The van der Waals surface area contributed by atoms with Crippen LogP contribution in [-0.2, 0) is 0 Å². The summed E-state index contributed by atoms with van der Waals surface area (Å²) in [6, 6.07) is 13.8. The summed E-state index contributed by atoms with van der Waals surface area (Å²) in [5.74, 6) is -0.760. The molecule has 1 aromatic carbocycles. The Bertz CT molecular complexity index is 898. The van der Waals surface area contributed by atoms with E-state index in [1.807, 2.05) is 37.3 Å². The summed E-state index contributed by atoms with van der Waals surface area (Å²) in [7, 11) is 0. The van der Waals surface area contributed by atoms with Gasteiger partial charge in [0, 0.05) is 24.9 Å². The van der Waals surface area contributed by atoms with Gasteiger partial charge in [0.2, 0.25) is 0 Å². The van der Waals surface area contributed by atoms with Crippen molar-refractivity contribution in [3.05, 3.63) is 41.5 Å². The fourth-order valence-electron chi connectivity index (χ4n) is 4.44. The van der Waals surface area contributed by atoms with Crippen molar-refractivity contribution in [3.8, 4) is 24.0 Å². The Balaban J connectivity index is 2.17. The maximum absolute atomic E-state index is 10.0. The molecule has 28 heavy (non-hydrogen) atoms. The molecular formula is C22H23N5O. The summed E-state index contributed by atoms with van der Waals surface area (Å²) < 4.78 is 5.51. The van der Waals surface area contributed by atoms with Crippen molar-refractivity contribution in [2.24, 2.45) is 17.3 Å². The fraction of sp³-hybridized carbons (Fsp3) is 0.455. The molecule has 1 N–H and O–H groups in total. The fourth-order valence-corrected chi connectivity index (χ4v) is 4.44. The first-order valence-electron chi connectivity index (χ1n) is 9.52. The molecule has 1 fully saturated rings. The van der Waals surface area contributed by atoms with Crippen LogP contribution in [0.2, 0.25) is 0 Å². The van der Waals surface area contributed by atoms with Crippen LogP contribution in [0.25, 0.3) is 0 Å². The van der Waals surface area contributed by atoms with E-state index in [0.717, 1.165) is 30.0 Å². The van der Waals surface area contributed by atoms with E-state index in [-0.39, 0.29) is 11.6 Å². The molecule has 3 rings (SSSR count). The molecular weight excluding hydrogens is 350 g/mol. The molecule has 0 radical (unpaired) electrons. The average molecular weight is 373 g/mol. The summed E-state index contributed by atoms with van der Waals surface area (Å²) >= 11 is 0. The van der Waals surface area contributed by atoms with Gasteiger partial charge in [-0.15, -0.1) is 0 Å². The third kappa shape index (κ3) is 2.95. The zero-order chi connectivity index (χ0) is 20.3. The van der Waals surface area contributed by atoms with E-state index in [1.54, 1.807) is 0 Å². The molecule has 3 atom stereocenters. The second-order valence-electron chi connectivity index (χ2n) is 7.15. The van der Waals surface area contributed by atoms with E-state index in [1.165, 1.54) is 0 Å². The summed E-state index contributed by atoms with van der Waals surface area (Å²) in [6.45, 7) is 6.76. The van der Waals surface area contributed by atoms with Crippen LogP contribution in [-0.4, -0.2) is 36.9 Å². The number of likely N-dealkylation sites (N-methyl/N-ethyl adjacent to an activating group) is 1. The van der Waals surface area contributed by atoms with Gasteiger partial charge in [0.25, 0.3) is 0 Å². The maximum Gasteiger partial charge on any atom is 0.189 e. The Morgan fingerprint density at radius 2 is 1.86 bits per heavy atom. The Morgan fingerprint density at radius 1 is 1.18 bits per heavy atom. The summed E-state index contributed by atoms with van der Waals surface area (Å²) in [5, 5.41) is 38.4. The van der Waals surface area contributed by atoms with Crippen molar-refractivity contribution in [3.63, 3.8) is 0 Å². The van der Waals surface area contributed by atoms with Crippen LogP contribution in [0.3, 0.4) is 0 Å². The van der Waals surface area contributed by atoms with Gasteiger partial charge in [-0.1, -0.05) is 25.1 Å². The molecule has 6 nitrogen and oxygen atoms in total. The second kappa shape index (κ2) is 7.85. The summed E-state index contributed by atoms with van der Waals surface area (Å²) in [5.41, 5.74) is -0.0724. The average Bonchev–Trinajstić information content (AvgIpc) is 2.73.